The Morgan fingerprint density at radius 3 is 2.73 bits per heavy atom. The van der Waals surface area contributed by atoms with E-state index in [-0.39, 0.29) is 18.7 Å². The van der Waals surface area contributed by atoms with Gasteiger partial charge in [0, 0.05) is 19.2 Å². The third-order valence-corrected chi connectivity index (χ3v) is 5.76. The first-order valence-corrected chi connectivity index (χ1v) is 9.94. The number of nitrogens with one attached hydrogen (secondary N) is 1. The molecule has 2 unspecified atom stereocenters. The molecule has 0 aromatic heterocycles. The molecule has 2 N–H and O–H groups in total. The van der Waals surface area contributed by atoms with Gasteiger partial charge in [-0.3, -0.25) is 9.59 Å². The van der Waals surface area contributed by atoms with Gasteiger partial charge in [0.05, 0.1) is 6.04 Å². The van der Waals surface area contributed by atoms with Crippen LogP contribution in [0.2, 0.25) is 0 Å². The van der Waals surface area contributed by atoms with Crippen LogP contribution in [0.1, 0.15) is 68.2 Å². The average molecular weight is 358 g/mol. The van der Waals surface area contributed by atoms with Gasteiger partial charge >= 0.3 is 11.8 Å². The standard InChI is InChI=1S/C21H30N2O3/c1-15(17-10-9-16-6-2-3-7-18(16)14-17)22-20(25)21(26)23-12-5-4-8-19(23)11-13-24/h9-10,14-15,19,24H,2-8,11-13H2,1H3,(H,22,25). The average Bonchev–Trinajstić information content (AvgIpc) is 2.67. The van der Waals surface area contributed by atoms with Crippen LogP contribution in [0.5, 0.6) is 0 Å². The summed E-state index contributed by atoms with van der Waals surface area (Å²) >= 11 is 0. The first-order valence-electron chi connectivity index (χ1n) is 9.94. The van der Waals surface area contributed by atoms with E-state index in [1.807, 2.05) is 6.92 Å². The van der Waals surface area contributed by atoms with Gasteiger partial charge in [-0.1, -0.05) is 18.2 Å². The van der Waals surface area contributed by atoms with Crippen molar-refractivity contribution >= 4 is 11.8 Å². The lowest BCUT2D eigenvalue weighted by Crippen LogP contribution is -2.50. The minimum Gasteiger partial charge on any atom is -0.396 e. The van der Waals surface area contributed by atoms with E-state index in [9.17, 15) is 14.7 Å². The topological polar surface area (TPSA) is 69.6 Å². The Bertz CT molecular complexity index is 657. The smallest absolute Gasteiger partial charge is 0.312 e. The number of nitrogens with zero attached hydrogens (tertiary/aromatic N) is 1. The number of amides is 2. The molecule has 1 fully saturated rings. The minimum atomic E-state index is -0.542. The first-order chi connectivity index (χ1) is 12.6. The lowest BCUT2D eigenvalue weighted by Gasteiger charge is -2.35. The number of aryl methyl sites for hydroxylation is 2. The number of carbonyl (C=O) groups excluding carboxylic acids is 2. The van der Waals surface area contributed by atoms with Crippen LogP contribution in [-0.2, 0) is 22.4 Å². The second-order valence-corrected chi connectivity index (χ2v) is 7.59. The number of aliphatic hydroxyl groups excluding tert-OH is 1. The van der Waals surface area contributed by atoms with E-state index in [0.717, 1.165) is 37.7 Å². The summed E-state index contributed by atoms with van der Waals surface area (Å²) in [6.45, 7) is 2.57. The Labute approximate surface area is 155 Å². The van der Waals surface area contributed by atoms with Crippen molar-refractivity contribution in [1.82, 2.24) is 10.2 Å². The lowest BCUT2D eigenvalue weighted by atomic mass is 9.89. The van der Waals surface area contributed by atoms with Crippen molar-refractivity contribution in [2.45, 2.75) is 70.4 Å². The van der Waals surface area contributed by atoms with E-state index >= 15 is 0 Å². The molecule has 3 rings (SSSR count). The van der Waals surface area contributed by atoms with Gasteiger partial charge in [-0.2, -0.15) is 0 Å². The highest BCUT2D eigenvalue weighted by molar-refractivity contribution is 6.35. The van der Waals surface area contributed by atoms with Gasteiger partial charge in [0.15, 0.2) is 0 Å². The van der Waals surface area contributed by atoms with E-state index in [1.54, 1.807) is 4.90 Å². The fourth-order valence-electron chi connectivity index (χ4n) is 4.21. The Kier molecular flexibility index (Phi) is 6.30. The van der Waals surface area contributed by atoms with Crippen LogP contribution in [0, 0.1) is 0 Å². The molecule has 142 valence electrons. The number of rotatable bonds is 4. The number of aliphatic hydroxyl groups is 1. The van der Waals surface area contributed by atoms with Gasteiger partial charge in [0.25, 0.3) is 0 Å². The number of fused-ring (bicyclic) bond motifs is 1. The number of likely N-dealkylation sites (tertiary alicyclic amines) is 1. The molecular weight excluding hydrogens is 328 g/mol. The zero-order chi connectivity index (χ0) is 18.5. The van der Waals surface area contributed by atoms with Crippen molar-refractivity contribution < 1.29 is 14.7 Å². The van der Waals surface area contributed by atoms with Crippen LogP contribution in [-0.4, -0.2) is 41.0 Å². The highest BCUT2D eigenvalue weighted by Gasteiger charge is 2.31. The van der Waals surface area contributed by atoms with Gasteiger partial charge in [0.1, 0.15) is 0 Å². The fourth-order valence-corrected chi connectivity index (χ4v) is 4.21. The van der Waals surface area contributed by atoms with Crippen molar-refractivity contribution in [3.63, 3.8) is 0 Å². The van der Waals surface area contributed by atoms with Crippen molar-refractivity contribution in [3.8, 4) is 0 Å². The number of piperidine rings is 1. The van der Waals surface area contributed by atoms with Gasteiger partial charge < -0.3 is 15.3 Å². The second kappa shape index (κ2) is 8.67. The zero-order valence-corrected chi connectivity index (χ0v) is 15.7. The first kappa shape index (κ1) is 18.9. The van der Waals surface area contributed by atoms with Gasteiger partial charge in [-0.05, 0) is 75.0 Å². The number of benzene rings is 1. The summed E-state index contributed by atoms with van der Waals surface area (Å²) in [5.74, 6) is -1.01. The second-order valence-electron chi connectivity index (χ2n) is 7.59. The van der Waals surface area contributed by atoms with Crippen molar-refractivity contribution in [3.05, 3.63) is 34.9 Å². The third kappa shape index (κ3) is 4.26. The number of carbonyl (C=O) groups is 2. The predicted molar refractivity (Wildman–Crippen MR) is 101 cm³/mol. The minimum absolute atomic E-state index is 0.0222. The summed E-state index contributed by atoms with van der Waals surface area (Å²) in [6, 6.07) is 6.19. The van der Waals surface area contributed by atoms with Crippen LogP contribution >= 0.6 is 0 Å². The Hall–Kier alpha value is -1.88. The number of hydrogen-bond donors (Lipinski definition) is 2. The van der Waals surface area contributed by atoms with Crippen molar-refractivity contribution in [2.75, 3.05) is 13.2 Å². The van der Waals surface area contributed by atoms with Crippen LogP contribution in [0.3, 0.4) is 0 Å². The van der Waals surface area contributed by atoms with Gasteiger partial charge in [-0.25, -0.2) is 0 Å². The molecule has 1 heterocycles. The van der Waals surface area contributed by atoms with E-state index in [2.05, 4.69) is 23.5 Å². The lowest BCUT2D eigenvalue weighted by molar-refractivity contribution is -0.148. The van der Waals surface area contributed by atoms with Crippen LogP contribution < -0.4 is 5.32 Å². The molecule has 0 saturated carbocycles. The summed E-state index contributed by atoms with van der Waals surface area (Å²) in [6.07, 6.45) is 8.06. The number of hydrogen-bond acceptors (Lipinski definition) is 3. The molecule has 0 spiro atoms. The van der Waals surface area contributed by atoms with E-state index in [0.29, 0.717) is 13.0 Å². The normalized spacial score (nSPS) is 21.0. The van der Waals surface area contributed by atoms with E-state index in [1.165, 1.54) is 24.0 Å². The fraction of sp³-hybridized carbons (Fsp3) is 0.619. The zero-order valence-electron chi connectivity index (χ0n) is 15.7. The molecule has 2 amide bonds. The summed E-state index contributed by atoms with van der Waals surface area (Å²) in [5.41, 5.74) is 3.84. The van der Waals surface area contributed by atoms with E-state index < -0.39 is 11.8 Å². The molecule has 5 nitrogen and oxygen atoms in total. The molecule has 1 aromatic carbocycles. The highest BCUT2D eigenvalue weighted by Crippen LogP contribution is 2.25. The molecule has 2 aliphatic rings. The Morgan fingerprint density at radius 2 is 1.96 bits per heavy atom. The molecule has 1 aliphatic carbocycles. The molecule has 5 heteroatoms. The molecule has 26 heavy (non-hydrogen) atoms. The van der Waals surface area contributed by atoms with Crippen molar-refractivity contribution in [2.24, 2.45) is 0 Å². The molecule has 1 saturated heterocycles. The van der Waals surface area contributed by atoms with Crippen LogP contribution in [0.15, 0.2) is 18.2 Å². The summed E-state index contributed by atoms with van der Waals surface area (Å²) in [5, 5.41) is 12.1. The summed E-state index contributed by atoms with van der Waals surface area (Å²) < 4.78 is 0. The monoisotopic (exact) mass is 358 g/mol. The molecule has 0 radical (unpaired) electrons. The molecule has 2 atom stereocenters. The van der Waals surface area contributed by atoms with Gasteiger partial charge in [-0.15, -0.1) is 0 Å². The maximum atomic E-state index is 12.6. The van der Waals surface area contributed by atoms with Gasteiger partial charge in [0.2, 0.25) is 0 Å². The molecule has 0 bridgehead atoms. The Balaban J connectivity index is 1.63. The molecule has 1 aromatic rings. The largest absolute Gasteiger partial charge is 0.396 e. The highest BCUT2D eigenvalue weighted by atomic mass is 16.3. The maximum absolute atomic E-state index is 12.6. The van der Waals surface area contributed by atoms with E-state index in [4.69, 9.17) is 0 Å². The quantitative estimate of drug-likeness (QED) is 0.813. The SMILES string of the molecule is CC(NC(=O)C(=O)N1CCCCC1CCO)c1ccc2c(c1)CCCC2. The predicted octanol–water partition coefficient (Wildman–Crippen LogP) is 2.51. The Morgan fingerprint density at radius 1 is 1.19 bits per heavy atom. The van der Waals surface area contributed by atoms with Crippen LogP contribution in [0.4, 0.5) is 0 Å². The molecule has 1 aliphatic heterocycles. The maximum Gasteiger partial charge on any atom is 0.312 e. The summed E-state index contributed by atoms with van der Waals surface area (Å²) in [4.78, 5) is 26.8. The third-order valence-electron chi connectivity index (χ3n) is 5.76. The summed E-state index contributed by atoms with van der Waals surface area (Å²) in [7, 11) is 0. The molecular formula is C21H30N2O3. The van der Waals surface area contributed by atoms with Crippen LogP contribution in [0.25, 0.3) is 0 Å². The van der Waals surface area contributed by atoms with Crippen molar-refractivity contribution in [1.29, 1.82) is 0 Å².